The molecule has 0 aliphatic rings. The van der Waals surface area contributed by atoms with Crippen LogP contribution in [-0.4, -0.2) is 4.98 Å². The van der Waals surface area contributed by atoms with Crippen LogP contribution in [0.5, 0.6) is 0 Å². The van der Waals surface area contributed by atoms with Gasteiger partial charge in [-0.05, 0) is 25.1 Å². The van der Waals surface area contributed by atoms with E-state index in [1.165, 1.54) is 0 Å². The van der Waals surface area contributed by atoms with Gasteiger partial charge in [0.15, 0.2) is 12.4 Å². The summed E-state index contributed by atoms with van der Waals surface area (Å²) in [7, 11) is 0. The highest BCUT2D eigenvalue weighted by molar-refractivity contribution is 7.21. The van der Waals surface area contributed by atoms with Crippen molar-refractivity contribution in [2.24, 2.45) is 0 Å². The first-order valence-corrected chi connectivity index (χ1v) is 7.01. The van der Waals surface area contributed by atoms with Crippen LogP contribution >= 0.6 is 22.9 Å². The molecule has 0 unspecified atom stereocenters. The van der Waals surface area contributed by atoms with Gasteiger partial charge in [0.25, 0.3) is 0 Å². The Morgan fingerprint density at radius 2 is 1.95 bits per heavy atom. The average Bonchev–Trinajstić information content (AvgIpc) is 2.81. The molecule has 2 aromatic heterocycles. The van der Waals surface area contributed by atoms with Gasteiger partial charge in [0, 0.05) is 22.7 Å². The van der Waals surface area contributed by atoms with Gasteiger partial charge in [-0.1, -0.05) is 11.6 Å². The number of thiazole rings is 1. The maximum atomic E-state index is 5.99. The fraction of sp³-hybridized carbons (Fsp3) is 0.143. The van der Waals surface area contributed by atoms with Crippen LogP contribution in [0.3, 0.4) is 0 Å². The van der Waals surface area contributed by atoms with Gasteiger partial charge in [-0.3, -0.25) is 0 Å². The standard InChI is InChI=1S/C14H12ClN2S.HI/c1-2-17-7-5-10(6-8-17)14-16-12-4-3-11(15)9-13(12)18-14;/h3-9H,2H2,1H3;1H/q+1;/p-1. The molecule has 1 aromatic carbocycles. The maximum absolute atomic E-state index is 5.99. The van der Waals surface area contributed by atoms with Gasteiger partial charge < -0.3 is 24.0 Å². The molecule has 0 spiro atoms. The maximum Gasteiger partial charge on any atom is 0.169 e. The minimum Gasteiger partial charge on any atom is -1.00 e. The number of aryl methyl sites for hydroxylation is 1. The number of fused-ring (bicyclic) bond motifs is 1. The third kappa shape index (κ3) is 3.07. The van der Waals surface area contributed by atoms with E-state index in [4.69, 9.17) is 11.6 Å². The second-order valence-electron chi connectivity index (χ2n) is 4.05. The molecular formula is C14H12ClIN2S. The minimum absolute atomic E-state index is 0. The highest BCUT2D eigenvalue weighted by Crippen LogP contribution is 2.31. The van der Waals surface area contributed by atoms with Crippen molar-refractivity contribution in [3.63, 3.8) is 0 Å². The third-order valence-electron chi connectivity index (χ3n) is 2.85. The summed E-state index contributed by atoms with van der Waals surface area (Å²) in [6, 6.07) is 10.0. The number of aromatic nitrogens is 2. The van der Waals surface area contributed by atoms with Gasteiger partial charge in [-0.2, -0.15) is 0 Å². The van der Waals surface area contributed by atoms with Crippen LogP contribution in [0.25, 0.3) is 20.8 Å². The summed E-state index contributed by atoms with van der Waals surface area (Å²) in [6.07, 6.45) is 4.16. The van der Waals surface area contributed by atoms with Gasteiger partial charge >= 0.3 is 0 Å². The van der Waals surface area contributed by atoms with Gasteiger partial charge in [0.1, 0.15) is 11.6 Å². The van der Waals surface area contributed by atoms with Crippen molar-refractivity contribution >= 4 is 33.2 Å². The highest BCUT2D eigenvalue weighted by Gasteiger charge is 2.08. The predicted molar refractivity (Wildman–Crippen MR) is 75.9 cm³/mol. The Labute approximate surface area is 138 Å². The Morgan fingerprint density at radius 1 is 1.21 bits per heavy atom. The first-order chi connectivity index (χ1) is 8.76. The van der Waals surface area contributed by atoms with E-state index >= 15 is 0 Å². The summed E-state index contributed by atoms with van der Waals surface area (Å²) in [5.74, 6) is 0. The predicted octanol–water partition coefficient (Wildman–Crippen LogP) is 0.928. The zero-order chi connectivity index (χ0) is 12.5. The van der Waals surface area contributed by atoms with Gasteiger partial charge in [0.05, 0.1) is 10.2 Å². The molecule has 0 aliphatic carbocycles. The molecule has 0 fully saturated rings. The topological polar surface area (TPSA) is 16.8 Å². The lowest BCUT2D eigenvalue weighted by Gasteiger charge is -1.94. The van der Waals surface area contributed by atoms with Gasteiger partial charge in [-0.25, -0.2) is 9.55 Å². The number of benzene rings is 1. The molecular weight excluding hydrogens is 391 g/mol. The van der Waals surface area contributed by atoms with E-state index < -0.39 is 0 Å². The molecule has 0 radical (unpaired) electrons. The summed E-state index contributed by atoms with van der Waals surface area (Å²) in [4.78, 5) is 4.63. The molecule has 0 aliphatic heterocycles. The molecule has 0 saturated heterocycles. The molecule has 0 saturated carbocycles. The number of rotatable bonds is 2. The molecule has 2 heterocycles. The van der Waals surface area contributed by atoms with Crippen LogP contribution in [0.1, 0.15) is 6.92 Å². The van der Waals surface area contributed by atoms with E-state index in [9.17, 15) is 0 Å². The molecule has 3 rings (SSSR count). The van der Waals surface area contributed by atoms with Crippen LogP contribution < -0.4 is 28.5 Å². The molecule has 98 valence electrons. The van der Waals surface area contributed by atoms with Crippen LogP contribution in [0.2, 0.25) is 5.02 Å². The van der Waals surface area contributed by atoms with Crippen molar-refractivity contribution < 1.29 is 28.5 Å². The zero-order valence-electron chi connectivity index (χ0n) is 10.3. The van der Waals surface area contributed by atoms with Crippen LogP contribution in [0.15, 0.2) is 42.7 Å². The monoisotopic (exact) mass is 402 g/mol. The Kier molecular flexibility index (Phi) is 4.76. The van der Waals surface area contributed by atoms with Gasteiger partial charge in [-0.15, -0.1) is 11.3 Å². The van der Waals surface area contributed by atoms with Crippen LogP contribution in [0.4, 0.5) is 0 Å². The van der Waals surface area contributed by atoms with E-state index in [2.05, 4.69) is 41.0 Å². The first kappa shape index (κ1) is 14.7. The summed E-state index contributed by atoms with van der Waals surface area (Å²) in [6.45, 7) is 3.11. The van der Waals surface area contributed by atoms with E-state index in [1.807, 2.05) is 18.2 Å². The lowest BCUT2D eigenvalue weighted by molar-refractivity contribution is -0.693. The van der Waals surface area contributed by atoms with E-state index in [0.717, 1.165) is 32.4 Å². The Bertz CT molecular complexity index is 694. The van der Waals surface area contributed by atoms with Crippen molar-refractivity contribution in [1.29, 1.82) is 0 Å². The molecule has 2 nitrogen and oxygen atoms in total. The number of nitrogens with zero attached hydrogens (tertiary/aromatic N) is 2. The molecule has 0 bridgehead atoms. The normalized spacial score (nSPS) is 10.4. The number of hydrogen-bond donors (Lipinski definition) is 0. The SMILES string of the molecule is CC[n+]1ccc(-c2nc3ccc(Cl)cc3s2)cc1.[I-]. The van der Waals surface area contributed by atoms with Crippen molar-refractivity contribution in [3.05, 3.63) is 47.7 Å². The fourth-order valence-corrected chi connectivity index (χ4v) is 3.08. The Balaban J connectivity index is 0.00000133. The van der Waals surface area contributed by atoms with Gasteiger partial charge in [0.2, 0.25) is 0 Å². The van der Waals surface area contributed by atoms with E-state index in [1.54, 1.807) is 11.3 Å². The minimum atomic E-state index is 0. The smallest absolute Gasteiger partial charge is 0.169 e. The van der Waals surface area contributed by atoms with Crippen molar-refractivity contribution in [3.8, 4) is 10.6 Å². The van der Waals surface area contributed by atoms with Crippen molar-refractivity contribution in [2.45, 2.75) is 13.5 Å². The quantitative estimate of drug-likeness (QED) is 0.460. The largest absolute Gasteiger partial charge is 1.00 e. The number of hydrogen-bond acceptors (Lipinski definition) is 2. The average molecular weight is 403 g/mol. The fourth-order valence-electron chi connectivity index (χ4n) is 1.83. The second-order valence-corrected chi connectivity index (χ2v) is 5.52. The molecule has 0 N–H and O–H groups in total. The van der Waals surface area contributed by atoms with Crippen LogP contribution in [-0.2, 0) is 6.54 Å². The molecule has 5 heteroatoms. The van der Waals surface area contributed by atoms with E-state index in [-0.39, 0.29) is 24.0 Å². The molecule has 19 heavy (non-hydrogen) atoms. The summed E-state index contributed by atoms with van der Waals surface area (Å²) >= 11 is 7.66. The highest BCUT2D eigenvalue weighted by atomic mass is 127. The lowest BCUT2D eigenvalue weighted by atomic mass is 10.3. The summed E-state index contributed by atoms with van der Waals surface area (Å²) in [5, 5.41) is 1.80. The van der Waals surface area contributed by atoms with Crippen molar-refractivity contribution in [1.82, 2.24) is 4.98 Å². The Morgan fingerprint density at radius 3 is 2.63 bits per heavy atom. The van der Waals surface area contributed by atoms with Crippen molar-refractivity contribution in [2.75, 3.05) is 0 Å². The molecule has 3 aromatic rings. The van der Waals surface area contributed by atoms with E-state index in [0.29, 0.717) is 0 Å². The summed E-state index contributed by atoms with van der Waals surface area (Å²) < 4.78 is 3.26. The summed E-state index contributed by atoms with van der Waals surface area (Å²) in [5.41, 5.74) is 2.16. The zero-order valence-corrected chi connectivity index (χ0v) is 14.0. The molecule has 0 amide bonds. The molecule has 0 atom stereocenters. The number of pyridine rings is 1. The second kappa shape index (κ2) is 6.15. The van der Waals surface area contributed by atoms with Crippen LogP contribution in [0, 0.1) is 0 Å². The third-order valence-corrected chi connectivity index (χ3v) is 4.16. The number of halogens is 2. The Hall–Kier alpha value is -0.720. The first-order valence-electron chi connectivity index (χ1n) is 5.82. The lowest BCUT2D eigenvalue weighted by Crippen LogP contribution is -3.00.